The molecule has 0 radical (unpaired) electrons. The number of nitrogens with one attached hydrogen (secondary N) is 1. The average molecular weight is 465 g/mol. The van der Waals surface area contributed by atoms with Crippen molar-refractivity contribution in [3.05, 3.63) is 92.9 Å². The average Bonchev–Trinajstić information content (AvgIpc) is 3.49. The van der Waals surface area contributed by atoms with Crippen LogP contribution in [-0.2, 0) is 0 Å². The van der Waals surface area contributed by atoms with Crippen molar-refractivity contribution in [1.82, 2.24) is 14.8 Å². The van der Waals surface area contributed by atoms with Crippen LogP contribution in [-0.4, -0.2) is 21.0 Å². The van der Waals surface area contributed by atoms with E-state index in [9.17, 15) is 0 Å². The first kappa shape index (κ1) is 19.0. The molecule has 2 aromatic heterocycles. The highest BCUT2D eigenvalue weighted by Crippen LogP contribution is 2.51. The zero-order chi connectivity index (χ0) is 20.9. The number of benzene rings is 2. The molecule has 2 aliphatic rings. The molecule has 31 heavy (non-hydrogen) atoms. The van der Waals surface area contributed by atoms with Crippen LogP contribution in [0.1, 0.15) is 28.1 Å². The Morgan fingerprint density at radius 1 is 1.16 bits per heavy atom. The lowest BCUT2D eigenvalue weighted by Gasteiger charge is -2.38. The molecule has 0 spiro atoms. The van der Waals surface area contributed by atoms with Gasteiger partial charge in [0.1, 0.15) is 18.1 Å². The van der Waals surface area contributed by atoms with E-state index < -0.39 is 0 Å². The zero-order valence-corrected chi connectivity index (χ0v) is 18.8. The van der Waals surface area contributed by atoms with Crippen LogP contribution in [0.4, 0.5) is 5.95 Å². The molecular weight excluding hydrogens is 448 g/mol. The monoisotopic (exact) mass is 464 g/mol. The fraction of sp³-hybridized carbons (Fsp3) is 0.130. The van der Waals surface area contributed by atoms with Gasteiger partial charge in [-0.25, -0.2) is 4.68 Å². The Bertz CT molecular complexity index is 1300. The number of thioether (sulfide) groups is 1. The number of thiophene rings is 1. The molecule has 8 heteroatoms. The molecule has 2 aromatic carbocycles. The van der Waals surface area contributed by atoms with Crippen molar-refractivity contribution in [2.75, 3.05) is 11.6 Å². The van der Waals surface area contributed by atoms with Crippen molar-refractivity contribution >= 4 is 46.3 Å². The standard InChI is InChI=1S/C23H17ClN4OS2/c1-30-15-7-4-13(5-8-15)21-19-20(27-23-25-12-26-28(21)23)16-11-14(24)6-9-17(16)29-22(19)18-3-2-10-31-18/h2-12,21-22H,1H3,(H,25,26,27)/t21-,22-/m0/s1. The van der Waals surface area contributed by atoms with E-state index >= 15 is 0 Å². The predicted molar refractivity (Wildman–Crippen MR) is 126 cm³/mol. The van der Waals surface area contributed by atoms with E-state index in [-0.39, 0.29) is 12.1 Å². The van der Waals surface area contributed by atoms with Gasteiger partial charge in [0, 0.05) is 25.9 Å². The third kappa shape index (κ3) is 3.07. The first-order valence-electron chi connectivity index (χ1n) is 9.77. The third-order valence-corrected chi connectivity index (χ3v) is 7.50. The topological polar surface area (TPSA) is 52.0 Å². The van der Waals surface area contributed by atoms with Crippen LogP contribution in [0.2, 0.25) is 5.02 Å². The summed E-state index contributed by atoms with van der Waals surface area (Å²) >= 11 is 9.79. The van der Waals surface area contributed by atoms with Gasteiger partial charge in [0.05, 0.1) is 5.70 Å². The molecule has 4 aromatic rings. The van der Waals surface area contributed by atoms with E-state index in [4.69, 9.17) is 16.3 Å². The number of ether oxygens (including phenoxy) is 1. The molecular formula is C23H17ClN4OS2. The SMILES string of the molecule is CSc1ccc([C@H]2C3=C(Nc4ncnn42)c2cc(Cl)ccc2O[C@H]3c2cccs2)cc1. The molecule has 0 amide bonds. The maximum Gasteiger partial charge on any atom is 0.226 e. The number of aromatic nitrogens is 3. The molecule has 2 atom stereocenters. The van der Waals surface area contributed by atoms with Gasteiger partial charge in [-0.3, -0.25) is 0 Å². The molecule has 5 nitrogen and oxygen atoms in total. The first-order chi connectivity index (χ1) is 15.2. The molecule has 2 aliphatic heterocycles. The highest BCUT2D eigenvalue weighted by molar-refractivity contribution is 7.98. The molecule has 154 valence electrons. The van der Waals surface area contributed by atoms with Crippen LogP contribution in [0, 0.1) is 0 Å². The minimum Gasteiger partial charge on any atom is -0.480 e. The maximum atomic E-state index is 6.58. The number of nitrogens with zero attached hydrogens (tertiary/aromatic N) is 3. The van der Waals surface area contributed by atoms with Gasteiger partial charge in [0.2, 0.25) is 5.95 Å². The van der Waals surface area contributed by atoms with Crippen LogP contribution in [0.3, 0.4) is 0 Å². The van der Waals surface area contributed by atoms with Gasteiger partial charge in [-0.2, -0.15) is 10.1 Å². The van der Waals surface area contributed by atoms with E-state index in [0.717, 1.165) is 33.0 Å². The Morgan fingerprint density at radius 2 is 2.03 bits per heavy atom. The Balaban J connectivity index is 1.62. The van der Waals surface area contributed by atoms with Gasteiger partial charge in [-0.15, -0.1) is 23.1 Å². The van der Waals surface area contributed by atoms with Crippen molar-refractivity contribution in [1.29, 1.82) is 0 Å². The normalized spacial score (nSPS) is 19.2. The van der Waals surface area contributed by atoms with E-state index in [1.807, 2.05) is 22.9 Å². The highest BCUT2D eigenvalue weighted by Gasteiger charge is 2.41. The van der Waals surface area contributed by atoms with Crippen LogP contribution in [0.15, 0.2) is 76.8 Å². The smallest absolute Gasteiger partial charge is 0.226 e. The third-order valence-electron chi connectivity index (χ3n) is 5.61. The summed E-state index contributed by atoms with van der Waals surface area (Å²) < 4.78 is 8.51. The lowest BCUT2D eigenvalue weighted by atomic mass is 9.86. The summed E-state index contributed by atoms with van der Waals surface area (Å²) in [6.45, 7) is 0. The molecule has 6 rings (SSSR count). The van der Waals surface area contributed by atoms with Gasteiger partial charge in [-0.05, 0) is 53.6 Å². The molecule has 0 fully saturated rings. The molecule has 0 saturated heterocycles. The lowest BCUT2D eigenvalue weighted by Crippen LogP contribution is -2.32. The number of hydrogen-bond donors (Lipinski definition) is 1. The van der Waals surface area contributed by atoms with Crippen molar-refractivity contribution in [3.8, 4) is 5.75 Å². The largest absolute Gasteiger partial charge is 0.480 e. The summed E-state index contributed by atoms with van der Waals surface area (Å²) in [6.07, 6.45) is 3.43. The van der Waals surface area contributed by atoms with Gasteiger partial charge >= 0.3 is 0 Å². The molecule has 0 aliphatic carbocycles. The molecule has 0 saturated carbocycles. The van der Waals surface area contributed by atoms with E-state index in [1.165, 1.54) is 4.90 Å². The summed E-state index contributed by atoms with van der Waals surface area (Å²) in [5, 5.41) is 10.8. The second kappa shape index (κ2) is 7.44. The minimum atomic E-state index is -0.237. The Hall–Kier alpha value is -2.74. The van der Waals surface area contributed by atoms with Gasteiger partial charge in [0.25, 0.3) is 0 Å². The second-order valence-electron chi connectivity index (χ2n) is 7.31. The first-order valence-corrected chi connectivity index (χ1v) is 12.3. The Labute approximate surface area is 192 Å². The summed E-state index contributed by atoms with van der Waals surface area (Å²) in [5.74, 6) is 1.51. The Morgan fingerprint density at radius 3 is 2.81 bits per heavy atom. The number of rotatable bonds is 3. The maximum absolute atomic E-state index is 6.58. The predicted octanol–water partition coefficient (Wildman–Crippen LogP) is 6.27. The fourth-order valence-electron chi connectivity index (χ4n) is 4.23. The van der Waals surface area contributed by atoms with Gasteiger partial charge < -0.3 is 10.1 Å². The van der Waals surface area contributed by atoms with Crippen LogP contribution >= 0.6 is 34.7 Å². The summed E-state index contributed by atoms with van der Waals surface area (Å²) in [5.41, 5.74) is 4.16. The number of hydrogen-bond acceptors (Lipinski definition) is 6. The van der Waals surface area contributed by atoms with Crippen molar-refractivity contribution in [3.63, 3.8) is 0 Å². The molecule has 0 unspecified atom stereocenters. The van der Waals surface area contributed by atoms with Gasteiger partial charge in [0.15, 0.2) is 6.10 Å². The van der Waals surface area contributed by atoms with Crippen LogP contribution in [0.25, 0.3) is 5.70 Å². The number of halogens is 1. The van der Waals surface area contributed by atoms with E-state index in [0.29, 0.717) is 11.0 Å². The minimum absolute atomic E-state index is 0.149. The fourth-order valence-corrected chi connectivity index (χ4v) is 5.58. The molecule has 4 heterocycles. The number of anilines is 1. The van der Waals surface area contributed by atoms with Gasteiger partial charge in [-0.1, -0.05) is 29.8 Å². The van der Waals surface area contributed by atoms with Crippen LogP contribution < -0.4 is 10.1 Å². The second-order valence-corrected chi connectivity index (χ2v) is 9.61. The Kier molecular flexibility index (Phi) is 4.56. The van der Waals surface area contributed by atoms with Crippen molar-refractivity contribution < 1.29 is 4.74 Å². The van der Waals surface area contributed by atoms with E-state index in [2.05, 4.69) is 63.4 Å². The number of fused-ring (bicyclic) bond motifs is 3. The zero-order valence-electron chi connectivity index (χ0n) is 16.4. The summed E-state index contributed by atoms with van der Waals surface area (Å²) in [6, 6.07) is 18.4. The summed E-state index contributed by atoms with van der Waals surface area (Å²) in [4.78, 5) is 6.83. The quantitative estimate of drug-likeness (QED) is 0.362. The van der Waals surface area contributed by atoms with E-state index in [1.54, 1.807) is 29.4 Å². The van der Waals surface area contributed by atoms with Crippen molar-refractivity contribution in [2.45, 2.75) is 17.0 Å². The lowest BCUT2D eigenvalue weighted by molar-refractivity contribution is 0.226. The summed E-state index contributed by atoms with van der Waals surface area (Å²) in [7, 11) is 0. The van der Waals surface area contributed by atoms with Crippen LogP contribution in [0.5, 0.6) is 5.75 Å². The highest BCUT2D eigenvalue weighted by atomic mass is 35.5. The van der Waals surface area contributed by atoms with Crippen molar-refractivity contribution in [2.24, 2.45) is 0 Å². The molecule has 1 N–H and O–H groups in total. The molecule has 0 bridgehead atoms.